The van der Waals surface area contributed by atoms with E-state index in [2.05, 4.69) is 4.98 Å². The van der Waals surface area contributed by atoms with Gasteiger partial charge in [0.05, 0.1) is 21.6 Å². The number of pyridine rings is 1. The van der Waals surface area contributed by atoms with Crippen LogP contribution < -0.4 is 0 Å². The molecule has 2 aromatic rings. The molecule has 0 spiro atoms. The van der Waals surface area contributed by atoms with Gasteiger partial charge in [0.1, 0.15) is 0 Å². The van der Waals surface area contributed by atoms with Gasteiger partial charge >= 0.3 is 0 Å². The molecule has 1 N–H and O–H groups in total. The van der Waals surface area contributed by atoms with Gasteiger partial charge in [-0.25, -0.2) is 8.42 Å². The van der Waals surface area contributed by atoms with E-state index < -0.39 is 25.9 Å². The maximum atomic E-state index is 12.4. The van der Waals surface area contributed by atoms with E-state index in [0.717, 1.165) is 22.9 Å². The van der Waals surface area contributed by atoms with Crippen LogP contribution in [0.3, 0.4) is 0 Å². The molecule has 1 aromatic carbocycles. The monoisotopic (exact) mass is 317 g/mol. The van der Waals surface area contributed by atoms with E-state index in [4.69, 9.17) is 0 Å². The fourth-order valence-electron chi connectivity index (χ4n) is 4.01. The molecule has 5 heteroatoms. The number of benzene rings is 1. The second kappa shape index (κ2) is 4.77. The van der Waals surface area contributed by atoms with Crippen molar-refractivity contribution in [1.82, 2.24) is 4.98 Å². The molecular weight excluding hydrogens is 298 g/mol. The largest absolute Gasteiger partial charge is 0.385 e. The summed E-state index contributed by atoms with van der Waals surface area (Å²) >= 11 is 0. The zero-order chi connectivity index (χ0) is 15.4. The normalized spacial score (nSPS) is 33.7. The summed E-state index contributed by atoms with van der Waals surface area (Å²) in [5.41, 5.74) is 0.564. The Balaban J connectivity index is 1.77. The zero-order valence-electron chi connectivity index (χ0n) is 12.3. The SMILES string of the molecule is O=S1(=O)C2CCCC1CC(O)(c1cnc3ccccc3c1)C2. The molecule has 2 atom stereocenters. The third-order valence-electron chi connectivity index (χ3n) is 5.24. The number of aliphatic hydroxyl groups is 1. The smallest absolute Gasteiger partial charge is 0.156 e. The van der Waals surface area contributed by atoms with Crippen LogP contribution >= 0.6 is 0 Å². The highest BCUT2D eigenvalue weighted by Crippen LogP contribution is 2.46. The molecule has 2 bridgehead atoms. The first kappa shape index (κ1) is 14.2. The molecule has 2 aliphatic heterocycles. The molecule has 116 valence electrons. The summed E-state index contributed by atoms with van der Waals surface area (Å²) in [4.78, 5) is 4.42. The Hall–Kier alpha value is -1.46. The van der Waals surface area contributed by atoms with E-state index in [1.807, 2.05) is 30.3 Å². The molecule has 22 heavy (non-hydrogen) atoms. The first-order valence-corrected chi connectivity index (χ1v) is 9.40. The van der Waals surface area contributed by atoms with Crippen molar-refractivity contribution in [3.63, 3.8) is 0 Å². The molecule has 0 amide bonds. The summed E-state index contributed by atoms with van der Waals surface area (Å²) in [6.07, 6.45) is 4.58. The minimum Gasteiger partial charge on any atom is -0.385 e. The van der Waals surface area contributed by atoms with E-state index in [0.29, 0.717) is 25.7 Å². The summed E-state index contributed by atoms with van der Waals surface area (Å²) in [6.45, 7) is 0. The van der Waals surface area contributed by atoms with Crippen LogP contribution in [0.5, 0.6) is 0 Å². The molecule has 0 saturated carbocycles. The Morgan fingerprint density at radius 1 is 1.14 bits per heavy atom. The third-order valence-corrected chi connectivity index (χ3v) is 7.90. The zero-order valence-corrected chi connectivity index (χ0v) is 13.1. The molecule has 0 radical (unpaired) electrons. The fourth-order valence-corrected chi connectivity index (χ4v) is 6.56. The van der Waals surface area contributed by atoms with E-state index in [-0.39, 0.29) is 0 Å². The molecule has 2 unspecified atom stereocenters. The first-order valence-electron chi connectivity index (χ1n) is 7.79. The van der Waals surface area contributed by atoms with Crippen molar-refractivity contribution >= 4 is 20.7 Å². The highest BCUT2D eigenvalue weighted by Gasteiger charge is 2.51. The van der Waals surface area contributed by atoms with Crippen molar-refractivity contribution in [3.8, 4) is 0 Å². The summed E-state index contributed by atoms with van der Waals surface area (Å²) in [5.74, 6) is 0. The van der Waals surface area contributed by atoms with Crippen LogP contribution in [0.1, 0.15) is 37.7 Å². The summed E-state index contributed by atoms with van der Waals surface area (Å²) in [6, 6.07) is 9.73. The van der Waals surface area contributed by atoms with E-state index >= 15 is 0 Å². The number of nitrogens with zero attached hydrogens (tertiary/aromatic N) is 1. The minimum atomic E-state index is -3.07. The molecule has 2 saturated heterocycles. The predicted molar refractivity (Wildman–Crippen MR) is 85.2 cm³/mol. The van der Waals surface area contributed by atoms with Gasteiger partial charge in [-0.3, -0.25) is 4.98 Å². The lowest BCUT2D eigenvalue weighted by Crippen LogP contribution is -2.50. The van der Waals surface area contributed by atoms with E-state index in [1.54, 1.807) is 6.20 Å². The van der Waals surface area contributed by atoms with Crippen molar-refractivity contribution in [2.45, 2.75) is 48.2 Å². The van der Waals surface area contributed by atoms with E-state index in [1.165, 1.54) is 0 Å². The fraction of sp³-hybridized carbons (Fsp3) is 0.471. The van der Waals surface area contributed by atoms with Gasteiger partial charge < -0.3 is 5.11 Å². The van der Waals surface area contributed by atoms with Crippen molar-refractivity contribution in [2.24, 2.45) is 0 Å². The van der Waals surface area contributed by atoms with Gasteiger partial charge in [-0.05, 0) is 37.8 Å². The third kappa shape index (κ3) is 2.07. The first-order chi connectivity index (χ1) is 10.5. The van der Waals surface area contributed by atoms with Gasteiger partial charge in [0.25, 0.3) is 0 Å². The van der Waals surface area contributed by atoms with Crippen LogP contribution in [-0.4, -0.2) is 29.0 Å². The predicted octanol–water partition coefficient (Wildman–Crippen LogP) is 2.55. The number of sulfone groups is 1. The quantitative estimate of drug-likeness (QED) is 0.878. The van der Waals surface area contributed by atoms with Crippen molar-refractivity contribution < 1.29 is 13.5 Å². The van der Waals surface area contributed by atoms with Gasteiger partial charge in [0.15, 0.2) is 9.84 Å². The number of hydrogen-bond donors (Lipinski definition) is 1. The van der Waals surface area contributed by atoms with Crippen molar-refractivity contribution in [3.05, 3.63) is 42.1 Å². The molecule has 0 aliphatic carbocycles. The molecule has 2 aliphatic rings. The Bertz CT molecular complexity index is 811. The van der Waals surface area contributed by atoms with E-state index in [9.17, 15) is 13.5 Å². The lowest BCUT2D eigenvalue weighted by atomic mass is 9.81. The molecule has 4 nitrogen and oxygen atoms in total. The lowest BCUT2D eigenvalue weighted by Gasteiger charge is -2.43. The maximum absolute atomic E-state index is 12.4. The Morgan fingerprint density at radius 3 is 2.55 bits per heavy atom. The Morgan fingerprint density at radius 2 is 1.82 bits per heavy atom. The highest BCUT2D eigenvalue weighted by atomic mass is 32.2. The average molecular weight is 317 g/mol. The van der Waals surface area contributed by atoms with Crippen molar-refractivity contribution in [1.29, 1.82) is 0 Å². The topological polar surface area (TPSA) is 67.3 Å². The minimum absolute atomic E-state index is 0.297. The van der Waals surface area contributed by atoms with Crippen LogP contribution in [0, 0.1) is 0 Å². The van der Waals surface area contributed by atoms with Crippen LogP contribution in [0.2, 0.25) is 0 Å². The van der Waals surface area contributed by atoms with Crippen LogP contribution in [0.25, 0.3) is 10.9 Å². The average Bonchev–Trinajstić information content (AvgIpc) is 2.48. The molecule has 3 heterocycles. The molecular formula is C17H19NO3S. The molecule has 1 aromatic heterocycles. The van der Waals surface area contributed by atoms with Gasteiger partial charge in [0.2, 0.25) is 0 Å². The Kier molecular flexibility index (Phi) is 3.07. The van der Waals surface area contributed by atoms with Crippen LogP contribution in [0.4, 0.5) is 0 Å². The standard InChI is InChI=1S/C17H19NO3S/c19-17(9-14-5-3-6-15(10-17)22(14,20)21)13-8-12-4-1-2-7-16(12)18-11-13/h1-2,4,7-8,11,14-15,19H,3,5-6,9-10H2. The van der Waals surface area contributed by atoms with Gasteiger partial charge in [-0.1, -0.05) is 24.6 Å². The summed E-state index contributed by atoms with van der Waals surface area (Å²) < 4.78 is 24.8. The second-order valence-corrected chi connectivity index (χ2v) is 9.13. The highest BCUT2D eigenvalue weighted by molar-refractivity contribution is 7.92. The van der Waals surface area contributed by atoms with Crippen LogP contribution in [0.15, 0.2) is 36.5 Å². The molecule has 2 fully saturated rings. The lowest BCUT2D eigenvalue weighted by molar-refractivity contribution is 0.00485. The Labute approximate surface area is 130 Å². The number of aromatic nitrogens is 1. The number of hydrogen-bond acceptors (Lipinski definition) is 4. The number of fused-ring (bicyclic) bond motifs is 3. The summed E-state index contributed by atoms with van der Waals surface area (Å²) in [7, 11) is -3.07. The van der Waals surface area contributed by atoms with Gasteiger partial charge in [0, 0.05) is 17.1 Å². The van der Waals surface area contributed by atoms with Gasteiger partial charge in [-0.15, -0.1) is 0 Å². The second-order valence-electron chi connectivity index (χ2n) is 6.62. The number of rotatable bonds is 1. The number of para-hydroxylation sites is 1. The van der Waals surface area contributed by atoms with Crippen LogP contribution in [-0.2, 0) is 15.4 Å². The molecule has 4 rings (SSSR count). The summed E-state index contributed by atoms with van der Waals surface area (Å²) in [5, 5.41) is 11.3. The van der Waals surface area contributed by atoms with Crippen molar-refractivity contribution in [2.75, 3.05) is 0 Å². The van der Waals surface area contributed by atoms with Gasteiger partial charge in [-0.2, -0.15) is 0 Å². The maximum Gasteiger partial charge on any atom is 0.156 e.